The van der Waals surface area contributed by atoms with Crippen LogP contribution in [0.1, 0.15) is 37.1 Å². The van der Waals surface area contributed by atoms with Gasteiger partial charge in [-0.1, -0.05) is 49.6 Å². The lowest BCUT2D eigenvalue weighted by atomic mass is 9.85. The van der Waals surface area contributed by atoms with Gasteiger partial charge in [0.1, 0.15) is 10.8 Å². The summed E-state index contributed by atoms with van der Waals surface area (Å²) in [6.45, 7) is 0. The number of ketones is 1. The first-order chi connectivity index (χ1) is 9.83. The van der Waals surface area contributed by atoms with E-state index in [0.717, 1.165) is 29.1 Å². The van der Waals surface area contributed by atoms with Gasteiger partial charge in [-0.15, -0.1) is 11.3 Å². The van der Waals surface area contributed by atoms with Gasteiger partial charge in [0.2, 0.25) is 0 Å². The number of nitrogens with zero attached hydrogens (tertiary/aromatic N) is 1. The highest BCUT2D eigenvalue weighted by atomic mass is 32.1. The SMILES string of the molecule is O=C(Cc1nc(-c2ccccc2)cs1)C1CCCCC1. The van der Waals surface area contributed by atoms with Crippen LogP contribution in [-0.4, -0.2) is 10.8 Å². The summed E-state index contributed by atoms with van der Waals surface area (Å²) in [7, 11) is 0. The average molecular weight is 285 g/mol. The van der Waals surface area contributed by atoms with Crippen molar-refractivity contribution < 1.29 is 4.79 Å². The highest BCUT2D eigenvalue weighted by Crippen LogP contribution is 2.27. The number of carbonyl (C=O) groups excluding carboxylic acids is 1. The predicted octanol–water partition coefficient (Wildman–Crippen LogP) is 4.50. The van der Waals surface area contributed by atoms with Crippen molar-refractivity contribution in [2.45, 2.75) is 38.5 Å². The Hall–Kier alpha value is -1.48. The summed E-state index contributed by atoms with van der Waals surface area (Å²) in [5, 5.41) is 3.01. The number of hydrogen-bond acceptors (Lipinski definition) is 3. The smallest absolute Gasteiger partial charge is 0.142 e. The van der Waals surface area contributed by atoms with Gasteiger partial charge in [0.15, 0.2) is 0 Å². The molecule has 104 valence electrons. The van der Waals surface area contributed by atoms with Crippen molar-refractivity contribution in [2.75, 3.05) is 0 Å². The van der Waals surface area contributed by atoms with Gasteiger partial charge >= 0.3 is 0 Å². The zero-order valence-electron chi connectivity index (χ0n) is 11.5. The lowest BCUT2D eigenvalue weighted by Gasteiger charge is -2.19. The molecule has 3 rings (SSSR count). The van der Waals surface area contributed by atoms with Crippen molar-refractivity contribution in [2.24, 2.45) is 5.92 Å². The Labute approximate surface area is 123 Å². The second kappa shape index (κ2) is 6.31. The molecule has 1 fully saturated rings. The number of benzene rings is 1. The molecule has 1 saturated carbocycles. The van der Waals surface area contributed by atoms with E-state index >= 15 is 0 Å². The van der Waals surface area contributed by atoms with Crippen molar-refractivity contribution in [3.63, 3.8) is 0 Å². The zero-order chi connectivity index (χ0) is 13.8. The van der Waals surface area contributed by atoms with Gasteiger partial charge in [-0.05, 0) is 12.8 Å². The summed E-state index contributed by atoms with van der Waals surface area (Å²) in [5.41, 5.74) is 2.11. The Morgan fingerprint density at radius 1 is 1.15 bits per heavy atom. The minimum absolute atomic E-state index is 0.285. The van der Waals surface area contributed by atoms with E-state index in [1.165, 1.54) is 19.3 Å². The molecule has 0 unspecified atom stereocenters. The molecule has 1 aliphatic carbocycles. The monoisotopic (exact) mass is 285 g/mol. The molecule has 1 heterocycles. The zero-order valence-corrected chi connectivity index (χ0v) is 12.4. The summed E-state index contributed by atoms with van der Waals surface area (Å²) in [4.78, 5) is 16.9. The third-order valence-corrected chi connectivity index (χ3v) is 4.86. The van der Waals surface area contributed by atoms with Gasteiger partial charge in [0.05, 0.1) is 12.1 Å². The van der Waals surface area contributed by atoms with Gasteiger partial charge in [0, 0.05) is 16.9 Å². The van der Waals surface area contributed by atoms with Gasteiger partial charge in [-0.2, -0.15) is 0 Å². The van der Waals surface area contributed by atoms with Crippen molar-refractivity contribution in [3.8, 4) is 11.3 Å². The van der Waals surface area contributed by atoms with E-state index in [4.69, 9.17) is 0 Å². The van der Waals surface area contributed by atoms with Crippen molar-refractivity contribution in [3.05, 3.63) is 40.7 Å². The van der Waals surface area contributed by atoms with Gasteiger partial charge in [0.25, 0.3) is 0 Å². The molecule has 0 aliphatic heterocycles. The minimum Gasteiger partial charge on any atom is -0.299 e. The topological polar surface area (TPSA) is 30.0 Å². The first-order valence-corrected chi connectivity index (χ1v) is 8.23. The van der Waals surface area contributed by atoms with E-state index in [2.05, 4.69) is 22.5 Å². The summed E-state index contributed by atoms with van der Waals surface area (Å²) >= 11 is 1.60. The molecule has 3 heteroatoms. The fourth-order valence-corrected chi connectivity index (χ4v) is 3.66. The second-order valence-electron chi connectivity index (χ2n) is 5.47. The number of hydrogen-bond donors (Lipinski definition) is 0. The lowest BCUT2D eigenvalue weighted by molar-refractivity contribution is -0.123. The summed E-state index contributed by atoms with van der Waals surface area (Å²) < 4.78 is 0. The van der Waals surface area contributed by atoms with E-state index in [1.54, 1.807) is 11.3 Å². The van der Waals surface area contributed by atoms with Crippen molar-refractivity contribution >= 4 is 17.1 Å². The Kier molecular flexibility index (Phi) is 4.26. The third-order valence-electron chi connectivity index (χ3n) is 4.01. The maximum absolute atomic E-state index is 12.3. The largest absolute Gasteiger partial charge is 0.299 e. The molecule has 0 atom stereocenters. The molecule has 0 bridgehead atoms. The number of aromatic nitrogens is 1. The van der Waals surface area contributed by atoms with Crippen LogP contribution >= 0.6 is 11.3 Å². The minimum atomic E-state index is 0.285. The molecule has 1 aliphatic rings. The van der Waals surface area contributed by atoms with Crippen LogP contribution < -0.4 is 0 Å². The van der Waals surface area contributed by atoms with Crippen LogP contribution in [0, 0.1) is 5.92 Å². The van der Waals surface area contributed by atoms with Crippen LogP contribution in [0.25, 0.3) is 11.3 Å². The quantitative estimate of drug-likeness (QED) is 0.827. The van der Waals surface area contributed by atoms with Crippen molar-refractivity contribution in [1.29, 1.82) is 0 Å². The third kappa shape index (κ3) is 3.15. The van der Waals surface area contributed by atoms with Gasteiger partial charge < -0.3 is 0 Å². The van der Waals surface area contributed by atoms with E-state index in [9.17, 15) is 4.79 Å². The normalized spacial score (nSPS) is 16.2. The lowest BCUT2D eigenvalue weighted by Crippen LogP contribution is -2.19. The molecule has 2 aromatic rings. The molecular formula is C17H19NOS. The molecule has 0 N–H and O–H groups in total. The highest BCUT2D eigenvalue weighted by Gasteiger charge is 2.22. The van der Waals surface area contributed by atoms with Crippen LogP contribution in [0.15, 0.2) is 35.7 Å². The van der Waals surface area contributed by atoms with Crippen LogP contribution in [0.3, 0.4) is 0 Å². The summed E-state index contributed by atoms with van der Waals surface area (Å²) in [5.74, 6) is 0.673. The van der Waals surface area contributed by atoms with Crippen LogP contribution in [-0.2, 0) is 11.2 Å². The summed E-state index contributed by atoms with van der Waals surface area (Å²) in [6.07, 6.45) is 6.39. The Bertz CT molecular complexity index is 570. The molecule has 0 radical (unpaired) electrons. The maximum Gasteiger partial charge on any atom is 0.142 e. The standard InChI is InChI=1S/C17H19NOS/c19-16(14-9-5-2-6-10-14)11-17-18-15(12-20-17)13-7-3-1-4-8-13/h1,3-4,7-8,12,14H,2,5-6,9-11H2. The Balaban J connectivity index is 1.66. The Morgan fingerprint density at radius 3 is 2.65 bits per heavy atom. The van der Waals surface area contributed by atoms with Crippen LogP contribution in [0.2, 0.25) is 0 Å². The molecule has 20 heavy (non-hydrogen) atoms. The fourth-order valence-electron chi connectivity index (χ4n) is 2.85. The molecule has 0 saturated heterocycles. The van der Waals surface area contributed by atoms with E-state index in [1.807, 2.05) is 18.2 Å². The maximum atomic E-state index is 12.3. The predicted molar refractivity (Wildman–Crippen MR) is 82.8 cm³/mol. The molecule has 0 spiro atoms. The molecule has 2 nitrogen and oxygen atoms in total. The first kappa shape index (κ1) is 13.5. The fraction of sp³-hybridized carbons (Fsp3) is 0.412. The molecule has 0 amide bonds. The molecular weight excluding hydrogens is 266 g/mol. The van der Waals surface area contributed by atoms with Gasteiger partial charge in [-0.3, -0.25) is 4.79 Å². The van der Waals surface area contributed by atoms with Crippen LogP contribution in [0.5, 0.6) is 0 Å². The Morgan fingerprint density at radius 2 is 1.90 bits per heavy atom. The number of rotatable bonds is 4. The van der Waals surface area contributed by atoms with Crippen LogP contribution in [0.4, 0.5) is 0 Å². The molecule has 1 aromatic carbocycles. The highest BCUT2D eigenvalue weighted by molar-refractivity contribution is 7.10. The first-order valence-electron chi connectivity index (χ1n) is 7.35. The number of Topliss-reactive ketones (excluding diaryl/α,β-unsaturated/α-hetero) is 1. The van der Waals surface area contributed by atoms with E-state index in [0.29, 0.717) is 12.2 Å². The summed E-state index contributed by atoms with van der Waals surface area (Å²) in [6, 6.07) is 10.1. The number of thiazole rings is 1. The second-order valence-corrected chi connectivity index (χ2v) is 6.41. The van der Waals surface area contributed by atoms with Crippen molar-refractivity contribution in [1.82, 2.24) is 4.98 Å². The van der Waals surface area contributed by atoms with E-state index in [-0.39, 0.29) is 5.92 Å². The van der Waals surface area contributed by atoms with Gasteiger partial charge in [-0.25, -0.2) is 4.98 Å². The average Bonchev–Trinajstić information content (AvgIpc) is 2.97. The number of carbonyl (C=O) groups is 1. The van der Waals surface area contributed by atoms with E-state index < -0.39 is 0 Å². The molecule has 1 aromatic heterocycles.